The third kappa shape index (κ3) is 5.56. The van der Waals surface area contributed by atoms with Crippen molar-refractivity contribution in [2.75, 3.05) is 33.3 Å². The number of aliphatic imine (C=N–C) groups is 1. The van der Waals surface area contributed by atoms with E-state index >= 15 is 0 Å². The normalized spacial score (nSPS) is 30.5. The Kier molecular flexibility index (Phi) is 8.26. The summed E-state index contributed by atoms with van der Waals surface area (Å²) in [5, 5.41) is 6.96. The van der Waals surface area contributed by atoms with Crippen LogP contribution in [0, 0.1) is 5.92 Å². The molecule has 2 fully saturated rings. The highest BCUT2D eigenvalue weighted by molar-refractivity contribution is 14.0. The van der Waals surface area contributed by atoms with Crippen LogP contribution in [-0.2, 0) is 4.74 Å². The van der Waals surface area contributed by atoms with Crippen LogP contribution < -0.4 is 10.6 Å². The summed E-state index contributed by atoms with van der Waals surface area (Å²) in [5.74, 6) is 1.56. The van der Waals surface area contributed by atoms with Crippen molar-refractivity contribution >= 4 is 29.9 Å². The Morgan fingerprint density at radius 2 is 2.14 bits per heavy atom. The minimum absolute atomic E-state index is 0. The number of likely N-dealkylation sites (tertiary alicyclic amines) is 1. The van der Waals surface area contributed by atoms with Crippen LogP contribution in [0.15, 0.2) is 4.99 Å². The number of nitrogens with zero attached hydrogens (tertiary/aromatic N) is 2. The molecule has 2 saturated heterocycles. The highest BCUT2D eigenvalue weighted by Gasteiger charge is 2.31. The van der Waals surface area contributed by atoms with Crippen molar-refractivity contribution in [3.05, 3.63) is 0 Å². The second-order valence-corrected chi connectivity index (χ2v) is 6.36. The Morgan fingerprint density at radius 1 is 1.38 bits per heavy atom. The van der Waals surface area contributed by atoms with Gasteiger partial charge in [0.05, 0.1) is 6.10 Å². The summed E-state index contributed by atoms with van der Waals surface area (Å²) in [6, 6.07) is 1.10. The van der Waals surface area contributed by atoms with E-state index in [1.165, 1.54) is 6.42 Å². The van der Waals surface area contributed by atoms with Gasteiger partial charge in [0.15, 0.2) is 5.96 Å². The molecule has 0 spiro atoms. The van der Waals surface area contributed by atoms with E-state index < -0.39 is 0 Å². The summed E-state index contributed by atoms with van der Waals surface area (Å²) < 4.78 is 5.63. The van der Waals surface area contributed by atoms with Crippen LogP contribution in [-0.4, -0.2) is 62.3 Å². The van der Waals surface area contributed by atoms with E-state index in [-0.39, 0.29) is 24.0 Å². The van der Waals surface area contributed by atoms with Gasteiger partial charge in [0.25, 0.3) is 0 Å². The molecular weight excluding hydrogens is 379 g/mol. The quantitative estimate of drug-likeness (QED) is 0.421. The number of hydrogen-bond acceptors (Lipinski definition) is 3. The van der Waals surface area contributed by atoms with Crippen LogP contribution in [0.1, 0.15) is 33.6 Å². The maximum Gasteiger partial charge on any atom is 0.191 e. The number of guanidine groups is 1. The first-order chi connectivity index (χ1) is 9.60. The first-order valence-corrected chi connectivity index (χ1v) is 7.93. The van der Waals surface area contributed by atoms with Crippen LogP contribution in [0.2, 0.25) is 0 Å². The lowest BCUT2D eigenvalue weighted by molar-refractivity contribution is 0.113. The Labute approximate surface area is 146 Å². The van der Waals surface area contributed by atoms with E-state index in [2.05, 4.69) is 41.3 Å². The van der Waals surface area contributed by atoms with Gasteiger partial charge >= 0.3 is 0 Å². The molecule has 0 aromatic heterocycles. The minimum Gasteiger partial charge on any atom is -0.376 e. The molecule has 0 aromatic rings. The lowest BCUT2D eigenvalue weighted by Crippen LogP contribution is -2.48. The van der Waals surface area contributed by atoms with Crippen molar-refractivity contribution in [3.63, 3.8) is 0 Å². The largest absolute Gasteiger partial charge is 0.376 e. The molecule has 0 aromatic carbocycles. The summed E-state index contributed by atoms with van der Waals surface area (Å²) >= 11 is 0. The molecule has 124 valence electrons. The summed E-state index contributed by atoms with van der Waals surface area (Å²) in [4.78, 5) is 6.86. The SMILES string of the molecule is CN=C(NCC1CCCO1)NC1CN(C(C)C)CC1C.I. The molecule has 0 radical (unpaired) electrons. The first-order valence-electron chi connectivity index (χ1n) is 7.93. The zero-order valence-electron chi connectivity index (χ0n) is 13.8. The first kappa shape index (κ1) is 19.0. The van der Waals surface area contributed by atoms with E-state index in [1.54, 1.807) is 0 Å². The number of rotatable bonds is 4. The minimum atomic E-state index is 0. The van der Waals surface area contributed by atoms with Crippen LogP contribution in [0.3, 0.4) is 0 Å². The maximum atomic E-state index is 5.63. The molecule has 2 heterocycles. The number of nitrogens with one attached hydrogen (secondary N) is 2. The summed E-state index contributed by atoms with van der Waals surface area (Å²) in [7, 11) is 1.84. The van der Waals surface area contributed by atoms with Gasteiger partial charge in [-0.1, -0.05) is 6.92 Å². The third-order valence-corrected chi connectivity index (χ3v) is 4.44. The van der Waals surface area contributed by atoms with Crippen molar-refractivity contribution in [2.45, 2.75) is 51.8 Å². The standard InChI is InChI=1S/C15H30N4O.HI/c1-11(2)19-9-12(3)14(10-19)18-15(16-4)17-8-13-6-5-7-20-13;/h11-14H,5-10H2,1-4H3,(H2,16,17,18);1H. The van der Waals surface area contributed by atoms with Crippen LogP contribution in [0.25, 0.3) is 0 Å². The Hall–Kier alpha value is -0.0800. The van der Waals surface area contributed by atoms with E-state index in [0.717, 1.165) is 38.6 Å². The smallest absolute Gasteiger partial charge is 0.191 e. The molecule has 5 nitrogen and oxygen atoms in total. The van der Waals surface area contributed by atoms with Gasteiger partial charge in [-0.25, -0.2) is 0 Å². The molecule has 0 amide bonds. The van der Waals surface area contributed by atoms with E-state index in [9.17, 15) is 0 Å². The van der Waals surface area contributed by atoms with Crippen LogP contribution >= 0.6 is 24.0 Å². The van der Waals surface area contributed by atoms with E-state index in [0.29, 0.717) is 24.1 Å². The van der Waals surface area contributed by atoms with Crippen molar-refractivity contribution in [2.24, 2.45) is 10.9 Å². The van der Waals surface area contributed by atoms with Gasteiger partial charge < -0.3 is 15.4 Å². The Morgan fingerprint density at radius 3 is 2.67 bits per heavy atom. The van der Waals surface area contributed by atoms with Crippen molar-refractivity contribution < 1.29 is 4.74 Å². The fraction of sp³-hybridized carbons (Fsp3) is 0.933. The molecule has 3 unspecified atom stereocenters. The summed E-state index contributed by atoms with van der Waals surface area (Å²) in [5.41, 5.74) is 0. The van der Waals surface area contributed by atoms with Gasteiger partial charge in [-0.15, -0.1) is 24.0 Å². The van der Waals surface area contributed by atoms with E-state index in [4.69, 9.17) is 4.74 Å². The zero-order valence-corrected chi connectivity index (χ0v) is 16.1. The molecular formula is C15H31IN4O. The number of ether oxygens (including phenoxy) is 1. The molecule has 2 N–H and O–H groups in total. The molecule has 3 atom stereocenters. The predicted octanol–water partition coefficient (Wildman–Crippen LogP) is 1.68. The molecule has 21 heavy (non-hydrogen) atoms. The van der Waals surface area contributed by atoms with Gasteiger partial charge in [-0.2, -0.15) is 0 Å². The summed E-state index contributed by atoms with van der Waals surface area (Å²) in [6.07, 6.45) is 2.69. The predicted molar refractivity (Wildman–Crippen MR) is 98.5 cm³/mol. The van der Waals surface area contributed by atoms with Gasteiger partial charge in [0.2, 0.25) is 0 Å². The summed E-state index contributed by atoms with van der Waals surface area (Å²) in [6.45, 7) is 10.9. The molecule has 6 heteroatoms. The van der Waals surface area contributed by atoms with Gasteiger partial charge in [-0.05, 0) is 32.6 Å². The molecule has 2 aliphatic rings. The van der Waals surface area contributed by atoms with E-state index in [1.807, 2.05) is 7.05 Å². The third-order valence-electron chi connectivity index (χ3n) is 4.44. The molecule has 2 aliphatic heterocycles. The van der Waals surface area contributed by atoms with Crippen molar-refractivity contribution in [3.8, 4) is 0 Å². The van der Waals surface area contributed by atoms with Gasteiger partial charge in [-0.3, -0.25) is 9.89 Å². The van der Waals surface area contributed by atoms with Gasteiger partial charge in [0.1, 0.15) is 0 Å². The number of halogens is 1. The highest BCUT2D eigenvalue weighted by atomic mass is 127. The molecule has 0 saturated carbocycles. The molecule has 2 rings (SSSR count). The van der Waals surface area contributed by atoms with Crippen LogP contribution in [0.4, 0.5) is 0 Å². The van der Waals surface area contributed by atoms with Crippen molar-refractivity contribution in [1.29, 1.82) is 0 Å². The second-order valence-electron chi connectivity index (χ2n) is 6.36. The number of hydrogen-bond donors (Lipinski definition) is 2. The highest BCUT2D eigenvalue weighted by Crippen LogP contribution is 2.18. The van der Waals surface area contributed by atoms with Crippen LogP contribution in [0.5, 0.6) is 0 Å². The average Bonchev–Trinajstić information content (AvgIpc) is 3.04. The monoisotopic (exact) mass is 410 g/mol. The average molecular weight is 410 g/mol. The second kappa shape index (κ2) is 9.15. The lowest BCUT2D eigenvalue weighted by atomic mass is 10.1. The topological polar surface area (TPSA) is 48.9 Å². The Bertz CT molecular complexity index is 332. The maximum absolute atomic E-state index is 5.63. The lowest BCUT2D eigenvalue weighted by Gasteiger charge is -2.22. The van der Waals surface area contributed by atoms with Crippen molar-refractivity contribution in [1.82, 2.24) is 15.5 Å². The zero-order chi connectivity index (χ0) is 14.5. The fourth-order valence-electron chi connectivity index (χ4n) is 3.00. The fourth-order valence-corrected chi connectivity index (χ4v) is 3.00. The molecule has 0 aliphatic carbocycles. The molecule has 0 bridgehead atoms. The van der Waals surface area contributed by atoms with Gasteiger partial charge in [0, 0.05) is 45.4 Å². The Balaban J connectivity index is 0.00000220.